The number of aromatic nitrogens is 2. The van der Waals surface area contributed by atoms with Gasteiger partial charge in [-0.3, -0.25) is 14.3 Å². The Labute approximate surface area is 231 Å². The first-order chi connectivity index (χ1) is 18.1. The van der Waals surface area contributed by atoms with E-state index in [-0.39, 0.29) is 41.6 Å². The third-order valence-corrected chi connectivity index (χ3v) is 11.7. The highest BCUT2D eigenvalue weighted by atomic mass is 35.5. The van der Waals surface area contributed by atoms with Gasteiger partial charge in [0.05, 0.1) is 0 Å². The minimum Gasteiger partial charge on any atom is -0.351 e. The minimum atomic E-state index is -3.82. The normalized spacial score (nSPS) is 20.3. The number of sulfonamides is 1. The van der Waals surface area contributed by atoms with Crippen molar-refractivity contribution < 1.29 is 18.0 Å². The van der Waals surface area contributed by atoms with Crippen molar-refractivity contribution in [2.75, 3.05) is 26.7 Å². The lowest BCUT2D eigenvalue weighted by atomic mass is 9.90. The lowest BCUT2D eigenvalue weighted by Crippen LogP contribution is -2.41. The summed E-state index contributed by atoms with van der Waals surface area (Å²) in [6.45, 7) is 2.57. The van der Waals surface area contributed by atoms with Gasteiger partial charge in [0, 0.05) is 67.2 Å². The second-order valence-corrected chi connectivity index (χ2v) is 13.7. The number of carbonyl (C=O) groups excluding carboxylic acids is 2. The van der Waals surface area contributed by atoms with Gasteiger partial charge >= 0.3 is 0 Å². The van der Waals surface area contributed by atoms with Crippen LogP contribution in [0.5, 0.6) is 0 Å². The van der Waals surface area contributed by atoms with Gasteiger partial charge in [0.25, 0.3) is 15.9 Å². The average molecular weight is 578 g/mol. The highest BCUT2D eigenvalue weighted by molar-refractivity contribution is 7.91. The maximum Gasteiger partial charge on any atom is 0.272 e. The molecule has 2 aromatic heterocycles. The Kier molecular flexibility index (Phi) is 7.56. The van der Waals surface area contributed by atoms with Crippen LogP contribution >= 0.6 is 22.9 Å². The first-order valence-corrected chi connectivity index (χ1v) is 15.5. The largest absolute Gasteiger partial charge is 0.351 e. The van der Waals surface area contributed by atoms with Crippen LogP contribution in [-0.2, 0) is 34.7 Å². The van der Waals surface area contributed by atoms with Crippen LogP contribution in [0.15, 0.2) is 22.4 Å². The molecular weight excluding hydrogens is 546 g/mol. The predicted octanol–water partition coefficient (Wildman–Crippen LogP) is 3.52. The van der Waals surface area contributed by atoms with Crippen molar-refractivity contribution in [1.29, 1.82) is 0 Å². The van der Waals surface area contributed by atoms with Crippen LogP contribution in [-0.4, -0.2) is 71.9 Å². The molecule has 0 saturated carbocycles. The molecule has 204 valence electrons. The van der Waals surface area contributed by atoms with E-state index in [1.165, 1.54) is 15.6 Å². The number of hydrogen-bond donors (Lipinski definition) is 1. The lowest BCUT2D eigenvalue weighted by Gasteiger charge is -2.32. The maximum absolute atomic E-state index is 13.8. The van der Waals surface area contributed by atoms with Gasteiger partial charge in [-0.15, -0.1) is 11.3 Å². The standard InChI is InChI=1S/C26H32ClN5O4S2/c1-16-19-14-17(27)7-10-22(19)37-26(16)38(35,36)32-12-4-6-23(33)30(2)18-8-9-21-20(15-18)24(29-31(21)3)25(34)28-11-5-13-32/h7,10,14,18H,4-6,8-9,11-13,15H2,1-3H3,(H,28,34). The summed E-state index contributed by atoms with van der Waals surface area (Å²) in [5.41, 5.74) is 3.01. The first kappa shape index (κ1) is 27.1. The molecule has 2 aliphatic rings. The predicted molar refractivity (Wildman–Crippen MR) is 148 cm³/mol. The van der Waals surface area contributed by atoms with E-state index in [1.807, 2.05) is 13.1 Å². The van der Waals surface area contributed by atoms with Gasteiger partial charge in [-0.1, -0.05) is 11.6 Å². The van der Waals surface area contributed by atoms with Crippen LogP contribution in [0, 0.1) is 6.92 Å². The van der Waals surface area contributed by atoms with Crippen molar-refractivity contribution in [3.63, 3.8) is 0 Å². The SMILES string of the molecule is Cc1c(S(=O)(=O)N2CCCNC(=O)c3nn(C)c4c3CC(CC4)N(C)C(=O)CCC2)sc2ccc(Cl)cc12. The number of nitrogens with one attached hydrogen (secondary N) is 1. The number of thiophene rings is 1. The average Bonchev–Trinajstić information content (AvgIpc) is 3.40. The van der Waals surface area contributed by atoms with E-state index in [4.69, 9.17) is 11.6 Å². The molecule has 2 amide bonds. The molecule has 1 aliphatic heterocycles. The number of hydrogen-bond acceptors (Lipinski definition) is 6. The highest BCUT2D eigenvalue weighted by Gasteiger charge is 2.33. The molecule has 3 heterocycles. The molecule has 38 heavy (non-hydrogen) atoms. The Bertz CT molecular complexity index is 1510. The molecule has 1 N–H and O–H groups in total. The van der Waals surface area contributed by atoms with E-state index in [9.17, 15) is 18.0 Å². The quantitative estimate of drug-likeness (QED) is 0.502. The molecule has 1 unspecified atom stereocenters. The number of amides is 2. The van der Waals surface area contributed by atoms with Crippen LogP contribution in [0.1, 0.15) is 53.0 Å². The first-order valence-electron chi connectivity index (χ1n) is 12.9. The molecule has 0 radical (unpaired) electrons. The van der Waals surface area contributed by atoms with E-state index in [2.05, 4.69) is 10.4 Å². The third kappa shape index (κ3) is 4.97. The minimum absolute atomic E-state index is 0.0201. The third-order valence-electron chi connectivity index (χ3n) is 7.68. The zero-order chi connectivity index (χ0) is 27.2. The Hall–Kier alpha value is -2.47. The lowest BCUT2D eigenvalue weighted by molar-refractivity contribution is -0.132. The van der Waals surface area contributed by atoms with Gasteiger partial charge in [0.1, 0.15) is 4.21 Å². The molecular formula is C26H32ClN5O4S2. The van der Waals surface area contributed by atoms with Gasteiger partial charge in [-0.2, -0.15) is 9.40 Å². The van der Waals surface area contributed by atoms with Crippen LogP contribution in [0.25, 0.3) is 10.1 Å². The van der Waals surface area contributed by atoms with E-state index in [0.29, 0.717) is 42.1 Å². The summed E-state index contributed by atoms with van der Waals surface area (Å²) in [6.07, 6.45) is 3.24. The fourth-order valence-corrected chi connectivity index (χ4v) is 9.07. The molecule has 1 aliphatic carbocycles. The van der Waals surface area contributed by atoms with Crippen molar-refractivity contribution in [3.05, 3.63) is 45.7 Å². The molecule has 5 rings (SSSR count). The number of nitrogens with zero attached hydrogens (tertiary/aromatic N) is 4. The zero-order valence-electron chi connectivity index (χ0n) is 21.8. The van der Waals surface area contributed by atoms with Gasteiger partial charge in [0.15, 0.2) is 5.69 Å². The molecule has 9 nitrogen and oxygen atoms in total. The smallest absolute Gasteiger partial charge is 0.272 e. The fraction of sp³-hybridized carbons (Fsp3) is 0.500. The summed E-state index contributed by atoms with van der Waals surface area (Å²) in [5.74, 6) is -0.286. The summed E-state index contributed by atoms with van der Waals surface area (Å²) >= 11 is 7.40. The molecule has 1 atom stereocenters. The summed E-state index contributed by atoms with van der Waals surface area (Å²) in [7, 11) is -0.180. The number of halogens is 1. The Morgan fingerprint density at radius 2 is 1.89 bits per heavy atom. The summed E-state index contributed by atoms with van der Waals surface area (Å²) < 4.78 is 32.1. The van der Waals surface area contributed by atoms with E-state index >= 15 is 0 Å². The van der Waals surface area contributed by atoms with Gasteiger partial charge in [-0.25, -0.2) is 8.42 Å². The van der Waals surface area contributed by atoms with Crippen molar-refractivity contribution in [3.8, 4) is 0 Å². The second-order valence-electron chi connectivity index (χ2n) is 10.1. The van der Waals surface area contributed by atoms with Crippen LogP contribution in [0.4, 0.5) is 0 Å². The molecule has 2 bridgehead atoms. The highest BCUT2D eigenvalue weighted by Crippen LogP contribution is 2.37. The van der Waals surface area contributed by atoms with E-state index < -0.39 is 10.0 Å². The number of carbonyl (C=O) groups is 2. The maximum atomic E-state index is 13.8. The van der Waals surface area contributed by atoms with Crippen LogP contribution in [0.3, 0.4) is 0 Å². The topological polar surface area (TPSA) is 105 Å². The van der Waals surface area contributed by atoms with Crippen molar-refractivity contribution in [2.24, 2.45) is 7.05 Å². The number of likely N-dealkylation sites (N-methyl/N-ethyl adjacent to an activating group) is 1. The van der Waals surface area contributed by atoms with Crippen molar-refractivity contribution >= 4 is 54.9 Å². The summed E-state index contributed by atoms with van der Waals surface area (Å²) in [5, 5.41) is 8.79. The number of fused-ring (bicyclic) bond motifs is 2. The van der Waals surface area contributed by atoms with E-state index in [0.717, 1.165) is 34.2 Å². The Morgan fingerprint density at radius 1 is 1.13 bits per heavy atom. The zero-order valence-corrected chi connectivity index (χ0v) is 24.2. The molecule has 0 saturated heterocycles. The fourth-order valence-electron chi connectivity index (χ4n) is 5.50. The van der Waals surface area contributed by atoms with Crippen molar-refractivity contribution in [1.82, 2.24) is 24.3 Å². The van der Waals surface area contributed by atoms with E-state index in [1.54, 1.807) is 35.7 Å². The molecule has 1 aromatic carbocycles. The summed E-state index contributed by atoms with van der Waals surface area (Å²) in [6, 6.07) is 5.36. The van der Waals surface area contributed by atoms with Crippen LogP contribution in [0.2, 0.25) is 5.02 Å². The summed E-state index contributed by atoms with van der Waals surface area (Å²) in [4.78, 5) is 27.9. The second kappa shape index (κ2) is 10.6. The van der Waals surface area contributed by atoms with Crippen molar-refractivity contribution in [2.45, 2.75) is 55.7 Å². The number of aryl methyl sites for hydroxylation is 2. The number of rotatable bonds is 2. The number of benzene rings is 1. The molecule has 12 heteroatoms. The monoisotopic (exact) mass is 577 g/mol. The van der Waals surface area contributed by atoms with Crippen LogP contribution < -0.4 is 5.32 Å². The van der Waals surface area contributed by atoms with Gasteiger partial charge in [0.2, 0.25) is 5.91 Å². The van der Waals surface area contributed by atoms with Gasteiger partial charge in [-0.05, 0) is 68.2 Å². The Balaban J connectivity index is 1.43. The Morgan fingerprint density at radius 3 is 2.68 bits per heavy atom. The van der Waals surface area contributed by atoms with Gasteiger partial charge < -0.3 is 10.2 Å². The molecule has 3 aromatic rings. The molecule has 0 spiro atoms. The molecule has 0 fully saturated rings.